The molecule has 1 aliphatic rings. The molecular formula is C16H17FN2O5. The molecule has 3 rings (SSSR count). The molecule has 3 N–H and O–H groups in total. The lowest BCUT2D eigenvalue weighted by Gasteiger charge is -2.38. The normalized spacial score (nSPS) is 21.0. The molecule has 0 unspecified atom stereocenters. The van der Waals surface area contributed by atoms with Crippen molar-refractivity contribution in [3.63, 3.8) is 0 Å². The van der Waals surface area contributed by atoms with Crippen LogP contribution in [0.3, 0.4) is 0 Å². The van der Waals surface area contributed by atoms with Gasteiger partial charge in [-0.25, -0.2) is 4.39 Å². The third-order valence-corrected chi connectivity index (χ3v) is 4.18. The number of benzene rings is 1. The Kier molecular flexibility index (Phi) is 4.39. The Labute approximate surface area is 136 Å². The van der Waals surface area contributed by atoms with Crippen LogP contribution in [0, 0.1) is 11.7 Å². The molecule has 1 amide bonds. The second-order valence-corrected chi connectivity index (χ2v) is 5.80. The lowest BCUT2D eigenvalue weighted by Crippen LogP contribution is -2.41. The first-order valence-corrected chi connectivity index (χ1v) is 7.49. The summed E-state index contributed by atoms with van der Waals surface area (Å²) in [6.07, 6.45) is 0.503. The number of aliphatic hydroxyl groups excluding tert-OH is 1. The quantitative estimate of drug-likeness (QED) is 0.765. The number of halogens is 1. The van der Waals surface area contributed by atoms with Crippen molar-refractivity contribution in [3.8, 4) is 5.75 Å². The van der Waals surface area contributed by atoms with Crippen molar-refractivity contribution in [2.75, 3.05) is 7.11 Å². The van der Waals surface area contributed by atoms with Crippen LogP contribution < -0.4 is 15.6 Å². The van der Waals surface area contributed by atoms with Crippen LogP contribution in [0.1, 0.15) is 35.0 Å². The standard InChI is InChI=1S/C16H17FN2O5/c1-23-12-3-2-9(17)6-11(12)15(8-4-10(20)5-8)18-16(22)13-7-14(21)19-24-13/h2-3,6-8,10,15,20H,4-5H2,1H3,(H,18,22)(H,19,21)/t8?,10?,15-/m0/s1. The lowest BCUT2D eigenvalue weighted by molar-refractivity contribution is 0.0227. The van der Waals surface area contributed by atoms with Crippen molar-refractivity contribution < 1.29 is 23.6 Å². The summed E-state index contributed by atoms with van der Waals surface area (Å²) in [6, 6.07) is 4.50. The number of methoxy groups -OCH3 is 1. The fourth-order valence-electron chi connectivity index (χ4n) is 2.91. The zero-order valence-electron chi connectivity index (χ0n) is 12.9. The van der Waals surface area contributed by atoms with Crippen LogP contribution in [0.15, 0.2) is 33.6 Å². The van der Waals surface area contributed by atoms with E-state index in [1.54, 1.807) is 0 Å². The van der Waals surface area contributed by atoms with Gasteiger partial charge in [-0.3, -0.25) is 9.59 Å². The lowest BCUT2D eigenvalue weighted by atomic mass is 9.75. The minimum Gasteiger partial charge on any atom is -0.496 e. The van der Waals surface area contributed by atoms with Crippen LogP contribution in [0.2, 0.25) is 0 Å². The molecule has 7 nitrogen and oxygen atoms in total. The molecule has 1 saturated carbocycles. The van der Waals surface area contributed by atoms with Gasteiger partial charge in [0.25, 0.3) is 11.5 Å². The fourth-order valence-corrected chi connectivity index (χ4v) is 2.91. The summed E-state index contributed by atoms with van der Waals surface area (Å²) in [6.45, 7) is 0. The van der Waals surface area contributed by atoms with E-state index in [0.717, 1.165) is 6.07 Å². The summed E-state index contributed by atoms with van der Waals surface area (Å²) in [5.74, 6) is -0.881. The van der Waals surface area contributed by atoms with Gasteiger partial charge in [-0.15, -0.1) is 0 Å². The number of rotatable bonds is 5. The van der Waals surface area contributed by atoms with Crippen molar-refractivity contribution in [3.05, 3.63) is 51.8 Å². The van der Waals surface area contributed by atoms with Gasteiger partial charge in [-0.1, -0.05) is 0 Å². The van der Waals surface area contributed by atoms with E-state index in [-0.39, 0.29) is 11.7 Å². The molecule has 1 heterocycles. The third kappa shape index (κ3) is 3.18. The van der Waals surface area contributed by atoms with E-state index in [1.807, 2.05) is 5.16 Å². The number of hydrogen-bond acceptors (Lipinski definition) is 5. The summed E-state index contributed by atoms with van der Waals surface area (Å²) in [7, 11) is 1.45. The van der Waals surface area contributed by atoms with Crippen LogP contribution in [0.4, 0.5) is 4.39 Å². The maximum Gasteiger partial charge on any atom is 0.290 e. The first kappa shape index (κ1) is 16.3. The topological polar surface area (TPSA) is 105 Å². The molecule has 0 spiro atoms. The monoisotopic (exact) mass is 336 g/mol. The van der Waals surface area contributed by atoms with Crippen LogP contribution in [0.25, 0.3) is 0 Å². The number of aromatic nitrogens is 1. The smallest absolute Gasteiger partial charge is 0.290 e. The molecule has 0 radical (unpaired) electrons. The Morgan fingerprint density at radius 1 is 1.46 bits per heavy atom. The summed E-state index contributed by atoms with van der Waals surface area (Å²) >= 11 is 0. The highest BCUT2D eigenvalue weighted by atomic mass is 19.1. The predicted molar refractivity (Wildman–Crippen MR) is 81.2 cm³/mol. The predicted octanol–water partition coefficient (Wildman–Crippen LogP) is 1.36. The van der Waals surface area contributed by atoms with Gasteiger partial charge in [0, 0.05) is 5.56 Å². The van der Waals surface area contributed by atoms with Gasteiger partial charge in [0.05, 0.1) is 25.3 Å². The van der Waals surface area contributed by atoms with Gasteiger partial charge < -0.3 is 19.7 Å². The van der Waals surface area contributed by atoms with Gasteiger partial charge in [-0.05, 0) is 37.0 Å². The number of ether oxygens (including phenoxy) is 1. The SMILES string of the molecule is COc1ccc(F)cc1[C@@H](NC(=O)c1cc(=O)[nH]o1)C1CC(O)C1. The molecule has 1 aromatic heterocycles. The van der Waals surface area contributed by atoms with E-state index in [9.17, 15) is 19.1 Å². The molecule has 0 saturated heterocycles. The van der Waals surface area contributed by atoms with E-state index in [1.165, 1.54) is 25.3 Å². The van der Waals surface area contributed by atoms with Crippen molar-refractivity contribution in [1.82, 2.24) is 10.5 Å². The maximum atomic E-state index is 13.7. The molecule has 1 fully saturated rings. The van der Waals surface area contributed by atoms with E-state index in [0.29, 0.717) is 24.2 Å². The maximum absolute atomic E-state index is 13.7. The van der Waals surface area contributed by atoms with Crippen molar-refractivity contribution >= 4 is 5.91 Å². The molecule has 1 atom stereocenters. The molecule has 1 aliphatic carbocycles. The Morgan fingerprint density at radius 3 is 2.79 bits per heavy atom. The van der Waals surface area contributed by atoms with E-state index >= 15 is 0 Å². The number of nitrogens with one attached hydrogen (secondary N) is 2. The van der Waals surface area contributed by atoms with Gasteiger partial charge in [-0.2, -0.15) is 5.16 Å². The average molecular weight is 336 g/mol. The summed E-state index contributed by atoms with van der Waals surface area (Å²) in [4.78, 5) is 23.4. The summed E-state index contributed by atoms with van der Waals surface area (Å²) in [5.41, 5.74) is -0.0558. The Balaban J connectivity index is 1.91. The minimum atomic E-state index is -0.606. The van der Waals surface area contributed by atoms with Crippen molar-refractivity contribution in [2.24, 2.45) is 5.92 Å². The highest BCUT2D eigenvalue weighted by molar-refractivity contribution is 5.91. The second-order valence-electron chi connectivity index (χ2n) is 5.80. The second kappa shape index (κ2) is 6.48. The van der Waals surface area contributed by atoms with Gasteiger partial charge in [0.15, 0.2) is 0 Å². The van der Waals surface area contributed by atoms with Crippen LogP contribution >= 0.6 is 0 Å². The van der Waals surface area contributed by atoms with Crippen molar-refractivity contribution in [2.45, 2.75) is 25.0 Å². The number of hydrogen-bond donors (Lipinski definition) is 3. The molecule has 8 heteroatoms. The molecule has 24 heavy (non-hydrogen) atoms. The van der Waals surface area contributed by atoms with Gasteiger partial charge in [0.1, 0.15) is 11.6 Å². The van der Waals surface area contributed by atoms with E-state index in [4.69, 9.17) is 9.26 Å². The van der Waals surface area contributed by atoms with Crippen molar-refractivity contribution in [1.29, 1.82) is 0 Å². The van der Waals surface area contributed by atoms with Gasteiger partial charge in [0.2, 0.25) is 5.76 Å². The molecule has 128 valence electrons. The molecule has 0 aliphatic heterocycles. The molecular weight excluding hydrogens is 319 g/mol. The highest BCUT2D eigenvalue weighted by Crippen LogP contribution is 2.41. The minimum absolute atomic E-state index is 0.0784. The van der Waals surface area contributed by atoms with E-state index < -0.39 is 29.4 Å². The number of H-pyrrole nitrogens is 1. The number of aliphatic hydroxyl groups is 1. The Hall–Kier alpha value is -2.61. The molecule has 2 aromatic rings. The summed E-state index contributed by atoms with van der Waals surface area (Å²) in [5, 5.41) is 14.3. The largest absolute Gasteiger partial charge is 0.496 e. The summed E-state index contributed by atoms with van der Waals surface area (Å²) < 4.78 is 23.7. The average Bonchev–Trinajstić information content (AvgIpc) is 2.96. The first-order valence-electron chi connectivity index (χ1n) is 7.49. The molecule has 1 aromatic carbocycles. The zero-order valence-corrected chi connectivity index (χ0v) is 12.9. The fraction of sp³-hybridized carbons (Fsp3) is 0.375. The van der Waals surface area contributed by atoms with Crippen LogP contribution in [-0.4, -0.2) is 29.4 Å². The Morgan fingerprint density at radius 2 is 2.21 bits per heavy atom. The molecule has 0 bridgehead atoms. The third-order valence-electron chi connectivity index (χ3n) is 4.18. The highest BCUT2D eigenvalue weighted by Gasteiger charge is 2.37. The Bertz CT molecular complexity index is 794. The van der Waals surface area contributed by atoms with Crippen LogP contribution in [0.5, 0.6) is 5.75 Å². The number of aromatic amines is 1. The van der Waals surface area contributed by atoms with E-state index in [2.05, 4.69) is 5.32 Å². The number of amides is 1. The van der Waals surface area contributed by atoms with Gasteiger partial charge >= 0.3 is 0 Å². The zero-order chi connectivity index (χ0) is 17.3. The van der Waals surface area contributed by atoms with Crippen LogP contribution in [-0.2, 0) is 0 Å². The number of carbonyl (C=O) groups excluding carboxylic acids is 1. The first-order chi connectivity index (χ1) is 11.5. The number of carbonyl (C=O) groups is 1.